The Balaban J connectivity index is 0.000000419. The van der Waals surface area contributed by atoms with E-state index in [0.717, 1.165) is 29.0 Å². The van der Waals surface area contributed by atoms with Crippen molar-refractivity contribution in [2.24, 2.45) is 5.92 Å². The summed E-state index contributed by atoms with van der Waals surface area (Å²) in [6.07, 6.45) is 2.36. The number of aromatic nitrogens is 1. The lowest BCUT2D eigenvalue weighted by Crippen LogP contribution is -2.05. The molecule has 1 aromatic heterocycles. The average Bonchev–Trinajstić information content (AvgIpc) is 3.07. The van der Waals surface area contributed by atoms with Crippen molar-refractivity contribution in [2.45, 2.75) is 39.0 Å². The van der Waals surface area contributed by atoms with Crippen molar-refractivity contribution in [3.8, 4) is 5.75 Å². The topological polar surface area (TPSA) is 54.1 Å². The van der Waals surface area contributed by atoms with Crippen LogP contribution in [0.15, 0.2) is 48.7 Å². The van der Waals surface area contributed by atoms with E-state index in [-0.39, 0.29) is 6.61 Å². The van der Waals surface area contributed by atoms with Gasteiger partial charge in [-0.2, -0.15) is 13.2 Å². The summed E-state index contributed by atoms with van der Waals surface area (Å²) in [4.78, 5) is 13.6. The normalized spacial score (nSPS) is 13.9. The molecule has 0 aliphatic heterocycles. The average molecular weight is 404 g/mol. The minimum atomic E-state index is -4.35. The molecule has 2 N–H and O–H groups in total. The molecular weight excluding hydrogens is 381 g/mol. The molecule has 7 heteroatoms. The molecule has 1 fully saturated rings. The molecule has 0 spiro atoms. The number of nitrogens with one attached hydrogen (secondary N) is 2. The largest absolute Gasteiger partial charge is 0.489 e. The maximum Gasteiger partial charge on any atom is 0.416 e. The van der Waals surface area contributed by atoms with Crippen molar-refractivity contribution < 1.29 is 22.7 Å². The number of carbonyl (C=O) groups excluding carboxylic acids is 1. The van der Waals surface area contributed by atoms with Gasteiger partial charge in [-0.05, 0) is 41.8 Å². The van der Waals surface area contributed by atoms with Gasteiger partial charge in [0.05, 0.1) is 11.3 Å². The van der Waals surface area contributed by atoms with Gasteiger partial charge in [-0.3, -0.25) is 4.79 Å². The fourth-order valence-corrected chi connectivity index (χ4v) is 2.94. The van der Waals surface area contributed by atoms with Crippen LogP contribution in [0.4, 0.5) is 18.9 Å². The van der Waals surface area contributed by atoms with Crippen LogP contribution in [0.1, 0.15) is 37.3 Å². The minimum Gasteiger partial charge on any atom is -0.489 e. The monoisotopic (exact) mass is 404 g/mol. The summed E-state index contributed by atoms with van der Waals surface area (Å²) >= 11 is 0. The number of aromatic amines is 1. The lowest BCUT2D eigenvalue weighted by molar-refractivity contribution is -0.137. The third-order valence-corrected chi connectivity index (χ3v) is 4.95. The van der Waals surface area contributed by atoms with E-state index in [0.29, 0.717) is 23.4 Å². The number of anilines is 1. The quantitative estimate of drug-likeness (QED) is 0.502. The molecule has 0 bridgehead atoms. The molecule has 1 heterocycles. The molecule has 1 aliphatic rings. The fourth-order valence-electron chi connectivity index (χ4n) is 2.94. The zero-order valence-electron chi connectivity index (χ0n) is 16.1. The Morgan fingerprint density at radius 3 is 2.41 bits per heavy atom. The highest BCUT2D eigenvalue weighted by atomic mass is 19.4. The van der Waals surface area contributed by atoms with E-state index in [1.165, 1.54) is 31.4 Å². The van der Waals surface area contributed by atoms with Gasteiger partial charge in [0, 0.05) is 17.1 Å². The van der Waals surface area contributed by atoms with E-state index in [4.69, 9.17) is 4.74 Å². The summed E-state index contributed by atoms with van der Waals surface area (Å²) in [6, 6.07) is 10.1. The first-order valence-electron chi connectivity index (χ1n) is 9.47. The molecule has 0 atom stereocenters. The number of carbonyl (C=O) groups is 1. The zero-order chi connectivity index (χ0) is 20.9. The van der Waals surface area contributed by atoms with Crippen molar-refractivity contribution >= 4 is 23.0 Å². The third-order valence-electron chi connectivity index (χ3n) is 4.95. The first-order chi connectivity index (χ1) is 13.9. The highest BCUT2D eigenvalue weighted by molar-refractivity contribution is 5.97. The SMILES string of the molecule is CC1CCC1.O=CNc1c[nH]c2ccc(OCc3ccc(C(F)(F)F)cc3)cc12. The van der Waals surface area contributed by atoms with Crippen LogP contribution >= 0.6 is 0 Å². The molecule has 2 aromatic carbocycles. The van der Waals surface area contributed by atoms with E-state index in [1.54, 1.807) is 24.4 Å². The van der Waals surface area contributed by atoms with Gasteiger partial charge in [-0.25, -0.2) is 0 Å². The number of fused-ring (bicyclic) bond motifs is 1. The number of hydrogen-bond acceptors (Lipinski definition) is 2. The van der Waals surface area contributed by atoms with Gasteiger partial charge in [0.1, 0.15) is 12.4 Å². The van der Waals surface area contributed by atoms with Gasteiger partial charge in [0.15, 0.2) is 0 Å². The Kier molecular flexibility index (Phi) is 6.46. The Bertz CT molecular complexity index is 945. The number of ether oxygens (including phenoxy) is 1. The Labute approximate surface area is 167 Å². The van der Waals surface area contributed by atoms with E-state index < -0.39 is 11.7 Å². The van der Waals surface area contributed by atoms with Gasteiger partial charge in [-0.15, -0.1) is 0 Å². The van der Waals surface area contributed by atoms with Crippen LogP contribution in [-0.2, 0) is 17.6 Å². The summed E-state index contributed by atoms with van der Waals surface area (Å²) in [6.45, 7) is 2.45. The summed E-state index contributed by atoms with van der Waals surface area (Å²) in [5.41, 5.74) is 1.40. The van der Waals surface area contributed by atoms with Crippen LogP contribution < -0.4 is 10.1 Å². The number of halogens is 3. The van der Waals surface area contributed by atoms with E-state index in [2.05, 4.69) is 17.2 Å². The van der Waals surface area contributed by atoms with Gasteiger partial charge < -0.3 is 15.0 Å². The van der Waals surface area contributed by atoms with Crippen LogP contribution in [0.25, 0.3) is 10.9 Å². The van der Waals surface area contributed by atoms with Crippen molar-refractivity contribution in [3.63, 3.8) is 0 Å². The van der Waals surface area contributed by atoms with Gasteiger partial charge >= 0.3 is 6.18 Å². The maximum absolute atomic E-state index is 12.5. The van der Waals surface area contributed by atoms with Crippen LogP contribution in [0.2, 0.25) is 0 Å². The van der Waals surface area contributed by atoms with Gasteiger partial charge in [-0.1, -0.05) is 38.3 Å². The highest BCUT2D eigenvalue weighted by Crippen LogP contribution is 2.30. The highest BCUT2D eigenvalue weighted by Gasteiger charge is 2.29. The van der Waals surface area contributed by atoms with E-state index >= 15 is 0 Å². The molecule has 4 nitrogen and oxygen atoms in total. The smallest absolute Gasteiger partial charge is 0.416 e. The first kappa shape index (κ1) is 20.8. The van der Waals surface area contributed by atoms with Crippen molar-refractivity contribution in [3.05, 3.63) is 59.8 Å². The number of rotatable bonds is 5. The molecule has 3 aromatic rings. The second-order valence-corrected chi connectivity index (χ2v) is 7.19. The minimum absolute atomic E-state index is 0.143. The van der Waals surface area contributed by atoms with Crippen molar-refractivity contribution in [1.82, 2.24) is 4.98 Å². The van der Waals surface area contributed by atoms with Crippen LogP contribution in [-0.4, -0.2) is 11.4 Å². The standard InChI is InChI=1S/C17H13F3N2O2.C5H10/c18-17(19,20)12-3-1-11(2-4-12)9-24-13-5-6-15-14(7-13)16(8-21-15)22-10-23;1-5-3-2-4-5/h1-8,10,21H,9H2,(H,22,23);5H,2-4H2,1H3. The number of hydrogen-bond donors (Lipinski definition) is 2. The predicted molar refractivity (Wildman–Crippen MR) is 107 cm³/mol. The zero-order valence-corrected chi connectivity index (χ0v) is 16.1. The first-order valence-corrected chi connectivity index (χ1v) is 9.47. The van der Waals surface area contributed by atoms with Crippen molar-refractivity contribution in [1.29, 1.82) is 0 Å². The maximum atomic E-state index is 12.5. The van der Waals surface area contributed by atoms with Crippen LogP contribution in [0.5, 0.6) is 5.75 Å². The Morgan fingerprint density at radius 1 is 1.17 bits per heavy atom. The third kappa shape index (κ3) is 5.53. The molecule has 0 radical (unpaired) electrons. The number of H-pyrrole nitrogens is 1. The molecular formula is C22H23F3N2O2. The summed E-state index contributed by atoms with van der Waals surface area (Å²) in [7, 11) is 0. The predicted octanol–water partition coefficient (Wildman–Crippen LogP) is 6.14. The molecule has 29 heavy (non-hydrogen) atoms. The number of amides is 1. The summed E-state index contributed by atoms with van der Waals surface area (Å²) < 4.78 is 43.2. The second-order valence-electron chi connectivity index (χ2n) is 7.19. The van der Waals surface area contributed by atoms with Crippen molar-refractivity contribution in [2.75, 3.05) is 5.32 Å². The lowest BCUT2D eigenvalue weighted by atomic mass is 9.88. The van der Waals surface area contributed by atoms with Gasteiger partial charge in [0.25, 0.3) is 0 Å². The Morgan fingerprint density at radius 2 is 1.86 bits per heavy atom. The number of alkyl halides is 3. The van der Waals surface area contributed by atoms with Gasteiger partial charge in [0.2, 0.25) is 6.41 Å². The number of benzene rings is 2. The van der Waals surface area contributed by atoms with E-state index in [9.17, 15) is 18.0 Å². The second kappa shape index (κ2) is 9.03. The fraction of sp³-hybridized carbons (Fsp3) is 0.318. The molecule has 4 rings (SSSR count). The molecule has 0 saturated heterocycles. The molecule has 1 aliphatic carbocycles. The molecule has 154 valence electrons. The summed E-state index contributed by atoms with van der Waals surface area (Å²) in [5, 5.41) is 3.36. The lowest BCUT2D eigenvalue weighted by Gasteiger charge is -2.18. The van der Waals surface area contributed by atoms with E-state index in [1.807, 2.05) is 0 Å². The molecule has 1 saturated carbocycles. The molecule has 0 unspecified atom stereocenters. The summed E-state index contributed by atoms with van der Waals surface area (Å²) in [5.74, 6) is 1.62. The Hall–Kier alpha value is -2.96. The van der Waals surface area contributed by atoms with Crippen LogP contribution in [0, 0.1) is 5.92 Å². The molecule has 1 amide bonds. The van der Waals surface area contributed by atoms with Crippen LogP contribution in [0.3, 0.4) is 0 Å².